The molecule has 2 fully saturated rings. The molecule has 1 aromatic rings. The number of thiocarbonyl (C=S) groups is 1. The number of nitrogens with one attached hydrogen (secondary N) is 1. The number of aliphatic imine (C=N–C) groups is 1. The molecule has 1 saturated heterocycles. The maximum atomic E-state index is 9.41. The monoisotopic (exact) mass is 476 g/mol. The fourth-order valence-corrected chi connectivity index (χ4v) is 5.10. The van der Waals surface area contributed by atoms with Crippen molar-refractivity contribution < 1.29 is 0 Å². The zero-order chi connectivity index (χ0) is 22.8. The van der Waals surface area contributed by atoms with Gasteiger partial charge in [0.2, 0.25) is 0 Å². The summed E-state index contributed by atoms with van der Waals surface area (Å²) in [6.45, 7) is 9.08. The predicted octanol–water partition coefficient (Wildman–Crippen LogP) is 6.48. The summed E-state index contributed by atoms with van der Waals surface area (Å²) in [5.74, 6) is 1.57. The lowest BCUT2D eigenvalue weighted by atomic mass is 9.75. The van der Waals surface area contributed by atoms with Gasteiger partial charge in [0.05, 0.1) is 12.1 Å². The van der Waals surface area contributed by atoms with Crippen LogP contribution in [-0.2, 0) is 0 Å². The fourth-order valence-electron chi connectivity index (χ4n) is 4.30. The summed E-state index contributed by atoms with van der Waals surface area (Å²) in [4.78, 5) is 7.25. The molecule has 0 radical (unpaired) electrons. The van der Waals surface area contributed by atoms with Gasteiger partial charge >= 0.3 is 0 Å². The molecule has 3 rings (SSSR count). The molecular weight excluding hydrogens is 447 g/mol. The number of nitriles is 1. The Bertz CT molecular complexity index is 934. The van der Waals surface area contributed by atoms with Crippen LogP contribution in [0.5, 0.6) is 0 Å². The molecule has 1 atom stereocenters. The molecule has 1 aromatic carbocycles. The molecule has 0 aromatic heterocycles. The number of amidine groups is 1. The number of halogens is 2. The molecule has 1 aliphatic heterocycles. The van der Waals surface area contributed by atoms with Gasteiger partial charge in [-0.15, -0.1) is 0 Å². The van der Waals surface area contributed by atoms with Crippen molar-refractivity contribution in [2.45, 2.75) is 65.0 Å². The summed E-state index contributed by atoms with van der Waals surface area (Å²) in [6.07, 6.45) is 8.20. The molecule has 31 heavy (non-hydrogen) atoms. The second kappa shape index (κ2) is 9.48. The van der Waals surface area contributed by atoms with Crippen molar-refractivity contribution in [3.05, 3.63) is 39.9 Å². The average molecular weight is 478 g/mol. The van der Waals surface area contributed by atoms with Gasteiger partial charge in [-0.2, -0.15) is 5.26 Å². The number of hydrogen-bond donors (Lipinski definition) is 1. The minimum atomic E-state index is -0.311. The van der Waals surface area contributed by atoms with Crippen molar-refractivity contribution in [1.29, 1.82) is 5.26 Å². The van der Waals surface area contributed by atoms with E-state index in [4.69, 9.17) is 40.4 Å². The van der Waals surface area contributed by atoms with Gasteiger partial charge < -0.3 is 10.2 Å². The van der Waals surface area contributed by atoms with Crippen LogP contribution >= 0.6 is 35.4 Å². The van der Waals surface area contributed by atoms with E-state index >= 15 is 0 Å². The largest absolute Gasteiger partial charge is 0.323 e. The summed E-state index contributed by atoms with van der Waals surface area (Å²) >= 11 is 18.0. The Morgan fingerprint density at radius 2 is 2.03 bits per heavy atom. The molecule has 166 valence electrons. The highest BCUT2D eigenvalue weighted by atomic mass is 35.5. The normalized spacial score (nSPS) is 26.5. The summed E-state index contributed by atoms with van der Waals surface area (Å²) < 4.78 is 0. The highest BCUT2D eigenvalue weighted by Gasteiger charge is 2.50. The van der Waals surface area contributed by atoms with Gasteiger partial charge in [0.25, 0.3) is 0 Å². The molecular formula is C24H30Cl2N4S. The minimum Gasteiger partial charge on any atom is -0.323 e. The Morgan fingerprint density at radius 1 is 1.35 bits per heavy atom. The van der Waals surface area contributed by atoms with Crippen LogP contribution in [0.25, 0.3) is 6.08 Å². The molecule has 1 N–H and O–H groups in total. The van der Waals surface area contributed by atoms with E-state index in [1.807, 2.05) is 23.1 Å². The van der Waals surface area contributed by atoms with Crippen molar-refractivity contribution in [2.24, 2.45) is 16.3 Å². The molecule has 1 heterocycles. The lowest BCUT2D eigenvalue weighted by Crippen LogP contribution is -2.52. The molecule has 0 amide bonds. The Kier molecular flexibility index (Phi) is 7.35. The number of nitrogens with zero attached hydrogens (tertiary/aromatic N) is 3. The first-order chi connectivity index (χ1) is 14.6. The van der Waals surface area contributed by atoms with E-state index in [-0.39, 0.29) is 23.5 Å². The van der Waals surface area contributed by atoms with Gasteiger partial charge in [-0.3, -0.25) is 4.99 Å². The third-order valence-corrected chi connectivity index (χ3v) is 7.22. The minimum absolute atomic E-state index is 0.0946. The molecule has 1 aliphatic carbocycles. The SMILES string of the molecule is CC1CCC2(CC1)C(=NC(C=Cc1ccc(Cl)cc1Cl)C(C)(C)C)NC(=S)N2CC#N. The van der Waals surface area contributed by atoms with Crippen LogP contribution in [0, 0.1) is 22.7 Å². The standard InChI is InChI=1S/C24H30Cl2N4S/c1-16-9-11-24(12-10-16)21(29-22(31)30(24)14-13-27)28-20(23(2,3)4)8-6-17-5-7-18(25)15-19(17)26/h5-8,15-16,20H,9-12,14H2,1-4H3,(H,28,29,31). The van der Waals surface area contributed by atoms with Crippen LogP contribution in [0.1, 0.15) is 58.9 Å². The molecule has 4 nitrogen and oxygen atoms in total. The number of rotatable bonds is 4. The smallest absolute Gasteiger partial charge is 0.176 e. The van der Waals surface area contributed by atoms with Gasteiger partial charge in [-0.25, -0.2) is 0 Å². The van der Waals surface area contributed by atoms with E-state index in [2.05, 4.69) is 45.2 Å². The first-order valence-corrected chi connectivity index (χ1v) is 11.9. The van der Waals surface area contributed by atoms with Crippen molar-refractivity contribution in [3.8, 4) is 6.07 Å². The van der Waals surface area contributed by atoms with Crippen molar-refractivity contribution in [3.63, 3.8) is 0 Å². The van der Waals surface area contributed by atoms with Gasteiger partial charge in [-0.1, -0.05) is 69.1 Å². The Labute approximate surface area is 201 Å². The summed E-state index contributed by atoms with van der Waals surface area (Å²) in [7, 11) is 0. The van der Waals surface area contributed by atoms with Crippen molar-refractivity contribution in [2.75, 3.05) is 6.54 Å². The Hall–Kier alpha value is -1.61. The van der Waals surface area contributed by atoms with Crippen LogP contribution in [0.3, 0.4) is 0 Å². The van der Waals surface area contributed by atoms with E-state index in [0.29, 0.717) is 21.1 Å². The predicted molar refractivity (Wildman–Crippen MR) is 135 cm³/mol. The van der Waals surface area contributed by atoms with E-state index in [1.165, 1.54) is 0 Å². The van der Waals surface area contributed by atoms with Crippen LogP contribution < -0.4 is 5.32 Å². The second-order valence-electron chi connectivity index (χ2n) is 9.70. The van der Waals surface area contributed by atoms with Gasteiger partial charge in [-0.05, 0) is 66.9 Å². The van der Waals surface area contributed by atoms with Gasteiger partial charge in [0, 0.05) is 10.0 Å². The van der Waals surface area contributed by atoms with Crippen molar-refractivity contribution >= 4 is 52.4 Å². The zero-order valence-corrected chi connectivity index (χ0v) is 20.9. The quantitative estimate of drug-likeness (QED) is 0.398. The lowest BCUT2D eigenvalue weighted by Gasteiger charge is -2.42. The highest BCUT2D eigenvalue weighted by Crippen LogP contribution is 2.40. The van der Waals surface area contributed by atoms with E-state index in [9.17, 15) is 5.26 Å². The lowest BCUT2D eigenvalue weighted by molar-refractivity contribution is 0.184. The van der Waals surface area contributed by atoms with Gasteiger partial charge in [0.1, 0.15) is 17.9 Å². The van der Waals surface area contributed by atoms with E-state index < -0.39 is 0 Å². The second-order valence-corrected chi connectivity index (χ2v) is 10.9. The maximum absolute atomic E-state index is 9.41. The summed E-state index contributed by atoms with van der Waals surface area (Å²) in [5, 5.41) is 14.6. The van der Waals surface area contributed by atoms with E-state index in [0.717, 1.165) is 37.1 Å². The third kappa shape index (κ3) is 5.25. The van der Waals surface area contributed by atoms with Crippen LogP contribution in [0.2, 0.25) is 10.0 Å². The van der Waals surface area contributed by atoms with Crippen LogP contribution in [0.15, 0.2) is 29.3 Å². The molecule has 1 saturated carbocycles. The zero-order valence-electron chi connectivity index (χ0n) is 18.6. The molecule has 2 aliphatic rings. The van der Waals surface area contributed by atoms with Gasteiger partial charge in [0.15, 0.2) is 5.11 Å². The summed E-state index contributed by atoms with van der Waals surface area (Å²) in [5.41, 5.74) is 0.481. The summed E-state index contributed by atoms with van der Waals surface area (Å²) in [6, 6.07) is 7.69. The Balaban J connectivity index is 1.99. The maximum Gasteiger partial charge on any atom is 0.176 e. The molecule has 7 heteroatoms. The van der Waals surface area contributed by atoms with Crippen molar-refractivity contribution in [1.82, 2.24) is 10.2 Å². The first-order valence-electron chi connectivity index (χ1n) is 10.7. The topological polar surface area (TPSA) is 51.4 Å². The van der Waals surface area contributed by atoms with Crippen LogP contribution in [0.4, 0.5) is 0 Å². The molecule has 1 spiro atoms. The number of hydrogen-bond acceptors (Lipinski definition) is 3. The third-order valence-electron chi connectivity index (χ3n) is 6.33. The highest BCUT2D eigenvalue weighted by molar-refractivity contribution is 7.80. The number of benzene rings is 1. The average Bonchev–Trinajstić information content (AvgIpc) is 2.93. The molecule has 1 unspecified atom stereocenters. The molecule has 0 bridgehead atoms. The fraction of sp³-hybridized carbons (Fsp3) is 0.542. The van der Waals surface area contributed by atoms with E-state index in [1.54, 1.807) is 6.07 Å². The van der Waals surface area contributed by atoms with Crippen LogP contribution in [-0.4, -0.2) is 34.0 Å². The first kappa shape index (κ1) is 24.0. The Morgan fingerprint density at radius 3 is 2.61 bits per heavy atom.